The van der Waals surface area contributed by atoms with Gasteiger partial charge in [0.25, 0.3) is 0 Å². The van der Waals surface area contributed by atoms with Crippen molar-refractivity contribution in [1.82, 2.24) is 15.5 Å². The van der Waals surface area contributed by atoms with Gasteiger partial charge in [0.05, 0.1) is 23.9 Å². The molecule has 2 N–H and O–H groups in total. The number of ketones is 1. The molecule has 0 radical (unpaired) electrons. The number of benzene rings is 2. The van der Waals surface area contributed by atoms with Crippen LogP contribution in [0.3, 0.4) is 0 Å². The monoisotopic (exact) mass is 399 g/mol. The maximum atomic E-state index is 13.0. The van der Waals surface area contributed by atoms with Crippen LogP contribution in [0.2, 0.25) is 0 Å². The van der Waals surface area contributed by atoms with Crippen LogP contribution in [-0.4, -0.2) is 36.2 Å². The third-order valence-corrected chi connectivity index (χ3v) is 5.53. The Labute approximate surface area is 174 Å². The number of rotatable bonds is 2. The highest BCUT2D eigenvalue weighted by Gasteiger charge is 2.31. The minimum Gasteiger partial charge on any atom is -0.495 e. The molecule has 2 aliphatic rings. The summed E-state index contributed by atoms with van der Waals surface area (Å²) in [5.41, 5.74) is 2.69. The fourth-order valence-corrected chi connectivity index (χ4v) is 3.88. The molecule has 0 amide bonds. The fraction of sp³-hybridized carbons (Fsp3) is 0.250. The first-order valence-corrected chi connectivity index (χ1v) is 10.0. The molecule has 3 aromatic rings. The Hall–Kier alpha value is -3.56. The minimum atomic E-state index is -0.176. The molecule has 1 saturated heterocycles. The third-order valence-electron chi connectivity index (χ3n) is 5.53. The van der Waals surface area contributed by atoms with E-state index in [1.165, 1.54) is 0 Å². The smallest absolute Gasteiger partial charge is 0.232 e. The number of piperidine rings is 1. The maximum Gasteiger partial charge on any atom is 0.232 e. The molecule has 30 heavy (non-hydrogen) atoms. The summed E-state index contributed by atoms with van der Waals surface area (Å²) in [7, 11) is 1.60. The van der Waals surface area contributed by atoms with Crippen LogP contribution in [0.4, 0.5) is 0 Å². The molecule has 6 nitrogen and oxygen atoms in total. The van der Waals surface area contributed by atoms with Crippen molar-refractivity contribution in [3.63, 3.8) is 0 Å². The molecule has 0 unspecified atom stereocenters. The number of aromatic amines is 1. The lowest BCUT2D eigenvalue weighted by Crippen LogP contribution is -2.26. The Morgan fingerprint density at radius 1 is 1.20 bits per heavy atom. The van der Waals surface area contributed by atoms with Gasteiger partial charge in [0, 0.05) is 17.4 Å². The Bertz CT molecular complexity index is 1220. The second-order valence-electron chi connectivity index (χ2n) is 7.41. The highest BCUT2D eigenvalue weighted by atomic mass is 16.5. The highest BCUT2D eigenvalue weighted by Crippen LogP contribution is 2.39. The number of carbonyl (C=O) groups is 1. The summed E-state index contributed by atoms with van der Waals surface area (Å²) in [5.74, 6) is 8.04. The van der Waals surface area contributed by atoms with Gasteiger partial charge in [-0.1, -0.05) is 30.0 Å². The number of nitrogens with one attached hydrogen (secondary N) is 2. The van der Waals surface area contributed by atoms with Gasteiger partial charge in [0.2, 0.25) is 5.78 Å². The third kappa shape index (κ3) is 3.23. The molecule has 0 saturated carbocycles. The Kier molecular flexibility index (Phi) is 4.74. The van der Waals surface area contributed by atoms with Crippen molar-refractivity contribution in [3.8, 4) is 23.3 Å². The number of hydrogen-bond acceptors (Lipinski definition) is 5. The van der Waals surface area contributed by atoms with Gasteiger partial charge in [-0.25, -0.2) is 0 Å². The summed E-state index contributed by atoms with van der Waals surface area (Å²) in [4.78, 5) is 13.0. The van der Waals surface area contributed by atoms with Gasteiger partial charge in [0.15, 0.2) is 11.5 Å². The first-order valence-electron chi connectivity index (χ1n) is 10.0. The molecule has 1 aromatic heterocycles. The summed E-state index contributed by atoms with van der Waals surface area (Å²) < 4.78 is 11.5. The quantitative estimate of drug-likeness (QED) is 0.509. The van der Waals surface area contributed by atoms with Crippen LogP contribution in [0.25, 0.3) is 17.0 Å². The summed E-state index contributed by atoms with van der Waals surface area (Å²) in [6.45, 7) is 1.95. The van der Waals surface area contributed by atoms with E-state index in [4.69, 9.17) is 9.47 Å². The van der Waals surface area contributed by atoms with Gasteiger partial charge in [-0.2, -0.15) is 5.10 Å². The van der Waals surface area contributed by atoms with Crippen LogP contribution in [0.5, 0.6) is 11.5 Å². The number of para-hydroxylation sites is 1. The molecule has 0 atom stereocenters. The average Bonchev–Trinajstić information content (AvgIpc) is 3.34. The number of allylic oxidation sites excluding steroid dienone is 1. The number of ether oxygens (including phenoxy) is 2. The fourth-order valence-electron chi connectivity index (χ4n) is 3.88. The van der Waals surface area contributed by atoms with Gasteiger partial charge >= 0.3 is 0 Å². The minimum absolute atomic E-state index is 0.176. The van der Waals surface area contributed by atoms with Crippen molar-refractivity contribution in [1.29, 1.82) is 0 Å². The number of methoxy groups -OCH3 is 1. The molecule has 150 valence electrons. The summed E-state index contributed by atoms with van der Waals surface area (Å²) >= 11 is 0. The van der Waals surface area contributed by atoms with E-state index in [9.17, 15) is 4.79 Å². The topological polar surface area (TPSA) is 76.2 Å². The van der Waals surface area contributed by atoms with Gasteiger partial charge in [-0.15, -0.1) is 0 Å². The molecule has 2 aromatic carbocycles. The first-order chi connectivity index (χ1) is 14.7. The van der Waals surface area contributed by atoms with E-state index in [1.807, 2.05) is 24.3 Å². The molecule has 3 heterocycles. The Balaban J connectivity index is 1.53. The van der Waals surface area contributed by atoms with Crippen molar-refractivity contribution in [3.05, 3.63) is 59.0 Å². The van der Waals surface area contributed by atoms with Crippen molar-refractivity contribution in [2.45, 2.75) is 12.8 Å². The molecule has 5 rings (SSSR count). The van der Waals surface area contributed by atoms with Crippen LogP contribution < -0.4 is 14.8 Å². The Morgan fingerprint density at radius 3 is 2.87 bits per heavy atom. The van der Waals surface area contributed by atoms with Gasteiger partial charge < -0.3 is 14.8 Å². The highest BCUT2D eigenvalue weighted by molar-refractivity contribution is 6.15. The number of hydrogen-bond donors (Lipinski definition) is 2. The molecule has 1 fully saturated rings. The van der Waals surface area contributed by atoms with Gasteiger partial charge in [-0.3, -0.25) is 9.89 Å². The maximum absolute atomic E-state index is 13.0. The number of aromatic nitrogens is 2. The number of fused-ring (bicyclic) bond motifs is 2. The molecule has 0 bridgehead atoms. The van der Waals surface area contributed by atoms with Crippen molar-refractivity contribution >= 4 is 22.8 Å². The summed E-state index contributed by atoms with van der Waals surface area (Å²) in [6.07, 6.45) is 3.71. The molecular formula is C24H21N3O3. The predicted molar refractivity (Wildman–Crippen MR) is 114 cm³/mol. The lowest BCUT2D eigenvalue weighted by atomic mass is 9.98. The van der Waals surface area contributed by atoms with E-state index in [1.54, 1.807) is 25.3 Å². The summed E-state index contributed by atoms with van der Waals surface area (Å²) in [5, 5.41) is 11.6. The standard InChI is InChI=1S/C24H21N3O3/c1-29-21-9-8-18-23(28)22(14-20-16-4-2-3-5-19(16)26-27-20)30-24(18)17(21)7-6-15-10-12-25-13-11-15/h2-5,8-9,14-15,25H,10-13H2,1H3,(H,26,27). The summed E-state index contributed by atoms with van der Waals surface area (Å²) in [6, 6.07) is 11.3. The predicted octanol–water partition coefficient (Wildman–Crippen LogP) is 3.54. The zero-order chi connectivity index (χ0) is 20.5. The molecule has 6 heteroatoms. The van der Waals surface area contributed by atoms with E-state index in [2.05, 4.69) is 27.4 Å². The van der Waals surface area contributed by atoms with Crippen LogP contribution in [0.15, 0.2) is 42.2 Å². The molecule has 0 aliphatic carbocycles. The lowest BCUT2D eigenvalue weighted by molar-refractivity contribution is 0.101. The van der Waals surface area contributed by atoms with Crippen LogP contribution in [0, 0.1) is 17.8 Å². The normalized spacial score (nSPS) is 17.5. The van der Waals surface area contributed by atoms with Crippen molar-refractivity contribution < 1.29 is 14.3 Å². The van der Waals surface area contributed by atoms with E-state index in [0.29, 0.717) is 34.2 Å². The number of carbonyl (C=O) groups excluding carboxylic acids is 1. The zero-order valence-corrected chi connectivity index (χ0v) is 16.6. The zero-order valence-electron chi connectivity index (χ0n) is 16.6. The van der Waals surface area contributed by atoms with Crippen LogP contribution in [-0.2, 0) is 0 Å². The van der Waals surface area contributed by atoms with Crippen LogP contribution in [0.1, 0.15) is 34.5 Å². The first kappa shape index (κ1) is 18.5. The number of nitrogens with zero attached hydrogens (tertiary/aromatic N) is 1. The van der Waals surface area contributed by atoms with Gasteiger partial charge in [0.1, 0.15) is 11.3 Å². The molecule has 0 spiro atoms. The Morgan fingerprint density at radius 2 is 2.03 bits per heavy atom. The van der Waals surface area contributed by atoms with Crippen molar-refractivity contribution in [2.24, 2.45) is 5.92 Å². The SMILES string of the molecule is COc1ccc2c(c1C#CC1CCNCC1)OC(=Cc1n[nH]c3ccccc13)C2=O. The second kappa shape index (κ2) is 7.69. The lowest BCUT2D eigenvalue weighted by Gasteiger charge is -2.17. The van der Waals surface area contributed by atoms with E-state index in [0.717, 1.165) is 36.8 Å². The average molecular weight is 399 g/mol. The van der Waals surface area contributed by atoms with Gasteiger partial charge in [-0.05, 0) is 44.1 Å². The van der Waals surface area contributed by atoms with E-state index < -0.39 is 0 Å². The van der Waals surface area contributed by atoms with Crippen LogP contribution >= 0.6 is 0 Å². The van der Waals surface area contributed by atoms with Crippen molar-refractivity contribution in [2.75, 3.05) is 20.2 Å². The molecular weight excluding hydrogens is 378 g/mol. The molecule has 2 aliphatic heterocycles. The second-order valence-corrected chi connectivity index (χ2v) is 7.41. The largest absolute Gasteiger partial charge is 0.495 e. The van der Waals surface area contributed by atoms with E-state index >= 15 is 0 Å². The number of Topliss-reactive ketones (excluding diaryl/α,β-unsaturated/α-hetero) is 1. The van der Waals surface area contributed by atoms with E-state index in [-0.39, 0.29) is 11.5 Å². The number of H-pyrrole nitrogens is 1.